The van der Waals surface area contributed by atoms with Crippen LogP contribution in [-0.2, 0) is 6.54 Å². The van der Waals surface area contributed by atoms with Crippen LogP contribution in [0.3, 0.4) is 0 Å². The number of carbonyl (C=O) groups excluding carboxylic acids is 2. The summed E-state index contributed by atoms with van der Waals surface area (Å²) in [6.45, 7) is 0.0743. The SMILES string of the molecule is NC1CCCCC1N(Cc1cc(NC(=O)c2cc(F)cc(F)c2)ccc1Cl)C(=O)c1cccc(F)c1. The third kappa shape index (κ3) is 6.06. The van der Waals surface area contributed by atoms with Crippen molar-refractivity contribution in [3.63, 3.8) is 0 Å². The first-order chi connectivity index (χ1) is 17.2. The number of anilines is 1. The molecule has 5 nitrogen and oxygen atoms in total. The van der Waals surface area contributed by atoms with Crippen LogP contribution in [0.15, 0.2) is 60.7 Å². The van der Waals surface area contributed by atoms with Crippen LogP contribution >= 0.6 is 11.6 Å². The van der Waals surface area contributed by atoms with Crippen LogP contribution in [-0.4, -0.2) is 28.8 Å². The zero-order valence-corrected chi connectivity index (χ0v) is 20.1. The Kier molecular flexibility index (Phi) is 7.96. The quantitative estimate of drug-likeness (QED) is 0.428. The number of amides is 2. The molecule has 188 valence electrons. The van der Waals surface area contributed by atoms with Crippen LogP contribution in [0.1, 0.15) is 52.0 Å². The van der Waals surface area contributed by atoms with Gasteiger partial charge in [0.15, 0.2) is 0 Å². The second kappa shape index (κ2) is 11.1. The molecule has 4 rings (SSSR count). The third-order valence-electron chi connectivity index (χ3n) is 6.28. The molecule has 1 saturated carbocycles. The molecule has 1 aliphatic rings. The van der Waals surface area contributed by atoms with E-state index in [0.29, 0.717) is 28.8 Å². The average Bonchev–Trinajstić information content (AvgIpc) is 2.84. The zero-order valence-electron chi connectivity index (χ0n) is 19.3. The van der Waals surface area contributed by atoms with E-state index in [0.717, 1.165) is 31.4 Å². The molecule has 0 spiro atoms. The Morgan fingerprint density at radius 2 is 1.61 bits per heavy atom. The number of rotatable bonds is 6. The summed E-state index contributed by atoms with van der Waals surface area (Å²) < 4.78 is 40.9. The Labute approximate surface area is 212 Å². The first-order valence-electron chi connectivity index (χ1n) is 11.6. The maximum Gasteiger partial charge on any atom is 0.255 e. The Hall–Kier alpha value is -3.36. The van der Waals surface area contributed by atoms with Crippen molar-refractivity contribution in [1.29, 1.82) is 0 Å². The lowest BCUT2D eigenvalue weighted by Crippen LogP contribution is -2.51. The molecular weight excluding hydrogens is 491 g/mol. The fraction of sp³-hybridized carbons (Fsp3) is 0.259. The summed E-state index contributed by atoms with van der Waals surface area (Å²) in [7, 11) is 0. The highest BCUT2D eigenvalue weighted by Crippen LogP contribution is 2.29. The molecule has 3 aromatic rings. The molecule has 9 heteroatoms. The van der Waals surface area contributed by atoms with E-state index in [9.17, 15) is 22.8 Å². The molecule has 0 radical (unpaired) electrons. The van der Waals surface area contributed by atoms with Gasteiger partial charge in [0.2, 0.25) is 0 Å². The maximum atomic E-state index is 13.9. The molecule has 0 aliphatic heterocycles. The number of halogens is 4. The summed E-state index contributed by atoms with van der Waals surface area (Å²) in [5.41, 5.74) is 7.26. The summed E-state index contributed by atoms with van der Waals surface area (Å²) in [5.74, 6) is -3.34. The highest BCUT2D eigenvalue weighted by Gasteiger charge is 2.32. The van der Waals surface area contributed by atoms with E-state index < -0.39 is 23.4 Å². The first-order valence-corrected chi connectivity index (χ1v) is 12.0. The van der Waals surface area contributed by atoms with Crippen molar-refractivity contribution in [3.05, 3.63) is 99.8 Å². The van der Waals surface area contributed by atoms with E-state index >= 15 is 0 Å². The van der Waals surface area contributed by atoms with Gasteiger partial charge >= 0.3 is 0 Å². The number of carbonyl (C=O) groups is 2. The van der Waals surface area contributed by atoms with E-state index in [1.807, 2.05) is 0 Å². The van der Waals surface area contributed by atoms with E-state index in [2.05, 4.69) is 5.32 Å². The van der Waals surface area contributed by atoms with Crippen LogP contribution in [0.25, 0.3) is 0 Å². The highest BCUT2D eigenvalue weighted by atomic mass is 35.5. The van der Waals surface area contributed by atoms with E-state index in [1.54, 1.807) is 29.2 Å². The Morgan fingerprint density at radius 1 is 0.917 bits per heavy atom. The fourth-order valence-corrected chi connectivity index (χ4v) is 4.68. The molecule has 3 N–H and O–H groups in total. The van der Waals surface area contributed by atoms with Crippen LogP contribution in [0.2, 0.25) is 5.02 Å². The van der Waals surface area contributed by atoms with Crippen LogP contribution in [0.5, 0.6) is 0 Å². The lowest BCUT2D eigenvalue weighted by Gasteiger charge is -2.38. The number of nitrogens with two attached hydrogens (primary N) is 1. The van der Waals surface area contributed by atoms with Crippen LogP contribution < -0.4 is 11.1 Å². The minimum Gasteiger partial charge on any atom is -0.330 e. The zero-order chi connectivity index (χ0) is 25.8. The summed E-state index contributed by atoms with van der Waals surface area (Å²) in [6, 6.07) is 12.2. The molecule has 1 fully saturated rings. The summed E-state index contributed by atoms with van der Waals surface area (Å²) in [6.07, 6.45) is 3.31. The van der Waals surface area contributed by atoms with Gasteiger partial charge in [-0.3, -0.25) is 9.59 Å². The van der Waals surface area contributed by atoms with E-state index in [1.165, 1.54) is 18.2 Å². The number of benzene rings is 3. The molecule has 2 unspecified atom stereocenters. The van der Waals surface area contributed by atoms with Crippen molar-refractivity contribution < 1.29 is 22.8 Å². The van der Waals surface area contributed by atoms with Gasteiger partial charge in [0.25, 0.3) is 11.8 Å². The van der Waals surface area contributed by atoms with Crippen molar-refractivity contribution >= 4 is 29.1 Å². The molecule has 0 heterocycles. The molecular formula is C27H25ClF3N3O2. The van der Waals surface area contributed by atoms with Gasteiger partial charge in [0.1, 0.15) is 17.5 Å². The van der Waals surface area contributed by atoms with Gasteiger partial charge in [-0.15, -0.1) is 0 Å². The average molecular weight is 516 g/mol. The standard InChI is InChI=1S/C27H25ClF3N3O2/c28-23-9-8-22(33-26(35)17-11-20(30)14-21(31)12-17)13-18(23)15-34(25-7-2-1-6-24(25)32)27(36)16-4-3-5-19(29)10-16/h3-5,8-14,24-25H,1-2,6-7,15,32H2,(H,33,35). The smallest absolute Gasteiger partial charge is 0.255 e. The lowest BCUT2D eigenvalue weighted by atomic mass is 9.89. The Bertz CT molecular complexity index is 1270. The van der Waals surface area contributed by atoms with Crippen molar-refractivity contribution in [3.8, 4) is 0 Å². The summed E-state index contributed by atoms with van der Waals surface area (Å²) >= 11 is 6.45. The lowest BCUT2D eigenvalue weighted by molar-refractivity contribution is 0.0583. The first kappa shape index (κ1) is 25.7. The van der Waals surface area contributed by atoms with Gasteiger partial charge in [-0.05, 0) is 66.9 Å². The second-order valence-electron chi connectivity index (χ2n) is 8.88. The fourth-order valence-electron chi connectivity index (χ4n) is 4.50. The minimum absolute atomic E-state index is 0.0743. The number of nitrogens with one attached hydrogen (secondary N) is 1. The monoisotopic (exact) mass is 515 g/mol. The van der Waals surface area contributed by atoms with Crippen molar-refractivity contribution in [2.24, 2.45) is 5.73 Å². The molecule has 36 heavy (non-hydrogen) atoms. The van der Waals surface area contributed by atoms with Crippen molar-refractivity contribution in [2.45, 2.75) is 44.3 Å². The van der Waals surface area contributed by atoms with Crippen molar-refractivity contribution in [1.82, 2.24) is 4.90 Å². The Morgan fingerprint density at radius 3 is 2.31 bits per heavy atom. The molecule has 0 saturated heterocycles. The third-order valence-corrected chi connectivity index (χ3v) is 6.65. The van der Waals surface area contributed by atoms with Crippen molar-refractivity contribution in [2.75, 3.05) is 5.32 Å². The number of nitrogens with zero attached hydrogens (tertiary/aromatic N) is 1. The van der Waals surface area contributed by atoms with Gasteiger partial charge in [-0.2, -0.15) is 0 Å². The number of hydrogen-bond donors (Lipinski definition) is 2. The number of hydrogen-bond acceptors (Lipinski definition) is 3. The van der Waals surface area contributed by atoms with Gasteiger partial charge in [-0.1, -0.05) is 30.5 Å². The minimum atomic E-state index is -0.868. The molecule has 2 amide bonds. The predicted molar refractivity (Wildman–Crippen MR) is 132 cm³/mol. The summed E-state index contributed by atoms with van der Waals surface area (Å²) in [5, 5.41) is 2.95. The van der Waals surface area contributed by atoms with Gasteiger partial charge in [0.05, 0.1) is 0 Å². The molecule has 2 atom stereocenters. The predicted octanol–water partition coefficient (Wildman–Crippen LogP) is 5.92. The van der Waals surface area contributed by atoms with E-state index in [4.69, 9.17) is 17.3 Å². The van der Waals surface area contributed by atoms with Gasteiger partial charge in [-0.25, -0.2) is 13.2 Å². The summed E-state index contributed by atoms with van der Waals surface area (Å²) in [4.78, 5) is 27.7. The maximum absolute atomic E-state index is 13.9. The normalized spacial score (nSPS) is 17.5. The highest BCUT2D eigenvalue weighted by molar-refractivity contribution is 6.31. The van der Waals surface area contributed by atoms with Crippen LogP contribution in [0.4, 0.5) is 18.9 Å². The van der Waals surface area contributed by atoms with Crippen LogP contribution in [0, 0.1) is 17.5 Å². The second-order valence-corrected chi connectivity index (χ2v) is 9.28. The molecule has 3 aromatic carbocycles. The van der Waals surface area contributed by atoms with Gasteiger partial charge in [0, 0.05) is 46.5 Å². The molecule has 0 bridgehead atoms. The van der Waals surface area contributed by atoms with Gasteiger partial charge < -0.3 is 16.0 Å². The Balaban J connectivity index is 1.62. The molecule has 1 aliphatic carbocycles. The largest absolute Gasteiger partial charge is 0.330 e. The molecule has 0 aromatic heterocycles. The topological polar surface area (TPSA) is 75.4 Å². The van der Waals surface area contributed by atoms with E-state index in [-0.39, 0.29) is 35.7 Å².